The standard InChI is InChI=1S/C13H11FN2O2/c14-8-2-1-7-5-11(12(15)17)16(9-3-4-9)13(18)10(7)6-8/h1-2,5-6,9H,3-4H2,(H2,15,17). The Morgan fingerprint density at radius 2 is 2.06 bits per heavy atom. The number of carbonyl (C=O) groups excluding carboxylic acids is 1. The van der Waals surface area contributed by atoms with E-state index >= 15 is 0 Å². The zero-order valence-corrected chi connectivity index (χ0v) is 9.52. The highest BCUT2D eigenvalue weighted by Gasteiger charge is 2.29. The minimum atomic E-state index is -0.634. The lowest BCUT2D eigenvalue weighted by molar-refractivity contribution is 0.0990. The van der Waals surface area contributed by atoms with Crippen molar-refractivity contribution in [2.75, 3.05) is 0 Å². The van der Waals surface area contributed by atoms with E-state index < -0.39 is 11.7 Å². The van der Waals surface area contributed by atoms with Crippen LogP contribution in [0.4, 0.5) is 4.39 Å². The molecule has 0 atom stereocenters. The summed E-state index contributed by atoms with van der Waals surface area (Å²) in [5, 5.41) is 0.819. The predicted octanol–water partition coefficient (Wildman–Crippen LogP) is 1.57. The molecule has 0 aliphatic heterocycles. The van der Waals surface area contributed by atoms with E-state index in [0.29, 0.717) is 5.39 Å². The van der Waals surface area contributed by atoms with Crippen molar-refractivity contribution in [2.45, 2.75) is 18.9 Å². The second-order valence-corrected chi connectivity index (χ2v) is 4.53. The Bertz CT molecular complexity index is 717. The number of fused-ring (bicyclic) bond motifs is 1. The molecule has 0 spiro atoms. The van der Waals surface area contributed by atoms with Crippen molar-refractivity contribution >= 4 is 16.7 Å². The van der Waals surface area contributed by atoms with E-state index in [1.54, 1.807) is 6.07 Å². The molecule has 0 radical (unpaired) electrons. The Hall–Kier alpha value is -2.17. The van der Waals surface area contributed by atoms with E-state index in [4.69, 9.17) is 5.73 Å². The van der Waals surface area contributed by atoms with Gasteiger partial charge in [-0.1, -0.05) is 6.07 Å². The van der Waals surface area contributed by atoms with Crippen molar-refractivity contribution in [1.82, 2.24) is 4.57 Å². The summed E-state index contributed by atoms with van der Waals surface area (Å²) in [5.74, 6) is -1.10. The smallest absolute Gasteiger partial charge is 0.265 e. The molecule has 4 nitrogen and oxygen atoms in total. The van der Waals surface area contributed by atoms with Gasteiger partial charge in [-0.25, -0.2) is 4.39 Å². The molecule has 0 bridgehead atoms. The van der Waals surface area contributed by atoms with Crippen LogP contribution >= 0.6 is 0 Å². The van der Waals surface area contributed by atoms with Crippen LogP contribution in [-0.4, -0.2) is 10.5 Å². The number of benzene rings is 1. The maximum Gasteiger partial charge on any atom is 0.265 e. The van der Waals surface area contributed by atoms with Crippen molar-refractivity contribution < 1.29 is 9.18 Å². The molecule has 1 aromatic heterocycles. The number of hydrogen-bond acceptors (Lipinski definition) is 2. The fraction of sp³-hybridized carbons (Fsp3) is 0.231. The van der Waals surface area contributed by atoms with Crippen LogP contribution in [0, 0.1) is 5.82 Å². The lowest BCUT2D eigenvalue weighted by atomic mass is 10.1. The van der Waals surface area contributed by atoms with Gasteiger partial charge in [0, 0.05) is 6.04 Å². The first-order valence-electron chi connectivity index (χ1n) is 5.72. The number of amides is 1. The number of hydrogen-bond donors (Lipinski definition) is 1. The van der Waals surface area contributed by atoms with Crippen molar-refractivity contribution in [1.29, 1.82) is 0 Å². The minimum absolute atomic E-state index is 0.0210. The molecule has 3 rings (SSSR count). The van der Waals surface area contributed by atoms with E-state index in [2.05, 4.69) is 0 Å². The molecule has 92 valence electrons. The lowest BCUT2D eigenvalue weighted by Gasteiger charge is -2.11. The van der Waals surface area contributed by atoms with Crippen LogP contribution in [0.3, 0.4) is 0 Å². The van der Waals surface area contributed by atoms with Crippen molar-refractivity contribution in [3.8, 4) is 0 Å². The molecule has 1 aliphatic rings. The number of primary amides is 1. The van der Waals surface area contributed by atoms with Gasteiger partial charge in [0.05, 0.1) is 5.39 Å². The summed E-state index contributed by atoms with van der Waals surface area (Å²) in [6, 6.07) is 5.51. The quantitative estimate of drug-likeness (QED) is 0.874. The summed E-state index contributed by atoms with van der Waals surface area (Å²) in [6.45, 7) is 0. The Labute approximate surface area is 102 Å². The molecule has 0 unspecified atom stereocenters. The van der Waals surface area contributed by atoms with E-state index in [-0.39, 0.29) is 22.7 Å². The number of nitrogens with two attached hydrogens (primary N) is 1. The number of rotatable bonds is 2. The van der Waals surface area contributed by atoms with Gasteiger partial charge in [-0.05, 0) is 36.4 Å². The molecule has 1 aromatic carbocycles. The highest BCUT2D eigenvalue weighted by atomic mass is 19.1. The van der Waals surface area contributed by atoms with Gasteiger partial charge in [0.15, 0.2) is 0 Å². The molecule has 2 aromatic rings. The molecule has 0 saturated heterocycles. The summed E-state index contributed by atoms with van der Waals surface area (Å²) in [6.07, 6.45) is 1.70. The monoisotopic (exact) mass is 246 g/mol. The van der Waals surface area contributed by atoms with Gasteiger partial charge in [-0.15, -0.1) is 0 Å². The van der Waals surface area contributed by atoms with Crippen LogP contribution in [0.15, 0.2) is 29.1 Å². The number of nitrogens with zero attached hydrogens (tertiary/aromatic N) is 1. The average Bonchev–Trinajstić information content (AvgIpc) is 3.13. The molecular formula is C13H11FN2O2. The second kappa shape index (κ2) is 3.66. The molecule has 5 heteroatoms. The first-order valence-corrected chi connectivity index (χ1v) is 5.72. The van der Waals surface area contributed by atoms with Crippen LogP contribution in [0.5, 0.6) is 0 Å². The van der Waals surface area contributed by atoms with Gasteiger partial charge >= 0.3 is 0 Å². The van der Waals surface area contributed by atoms with Crippen LogP contribution in [0.2, 0.25) is 0 Å². The van der Waals surface area contributed by atoms with Gasteiger partial charge < -0.3 is 10.3 Å². The summed E-state index contributed by atoms with van der Waals surface area (Å²) in [7, 11) is 0. The number of carbonyl (C=O) groups is 1. The summed E-state index contributed by atoms with van der Waals surface area (Å²) < 4.78 is 14.6. The Balaban J connectivity index is 2.41. The lowest BCUT2D eigenvalue weighted by Crippen LogP contribution is -2.28. The fourth-order valence-corrected chi connectivity index (χ4v) is 2.18. The molecular weight excluding hydrogens is 235 g/mol. The van der Waals surface area contributed by atoms with Crippen molar-refractivity contribution in [3.05, 3.63) is 46.1 Å². The van der Waals surface area contributed by atoms with Crippen LogP contribution in [0.1, 0.15) is 29.4 Å². The largest absolute Gasteiger partial charge is 0.364 e. The third-order valence-corrected chi connectivity index (χ3v) is 3.18. The Morgan fingerprint density at radius 3 is 2.67 bits per heavy atom. The van der Waals surface area contributed by atoms with Crippen molar-refractivity contribution in [2.24, 2.45) is 5.73 Å². The number of pyridine rings is 1. The Kier molecular flexibility index (Phi) is 2.23. The van der Waals surface area contributed by atoms with Crippen LogP contribution < -0.4 is 11.3 Å². The normalized spacial score (nSPS) is 14.9. The highest BCUT2D eigenvalue weighted by Crippen LogP contribution is 2.35. The molecule has 1 saturated carbocycles. The molecule has 1 fully saturated rings. The third kappa shape index (κ3) is 1.59. The molecule has 2 N–H and O–H groups in total. The fourth-order valence-electron chi connectivity index (χ4n) is 2.18. The maximum atomic E-state index is 13.2. The van der Waals surface area contributed by atoms with Crippen LogP contribution in [-0.2, 0) is 0 Å². The SMILES string of the molecule is NC(=O)c1cc2ccc(F)cc2c(=O)n1C1CC1. The first kappa shape index (κ1) is 11.0. The summed E-state index contributed by atoms with van der Waals surface area (Å²) in [5.41, 5.74) is 5.15. The van der Waals surface area contributed by atoms with Gasteiger partial charge in [-0.2, -0.15) is 0 Å². The molecule has 1 aliphatic carbocycles. The summed E-state index contributed by atoms with van der Waals surface area (Å²) >= 11 is 0. The van der Waals surface area contributed by atoms with Crippen LogP contribution in [0.25, 0.3) is 10.8 Å². The zero-order valence-electron chi connectivity index (χ0n) is 9.52. The number of halogens is 1. The number of aromatic nitrogens is 1. The second-order valence-electron chi connectivity index (χ2n) is 4.53. The molecule has 1 amide bonds. The molecule has 1 heterocycles. The topological polar surface area (TPSA) is 65.1 Å². The highest BCUT2D eigenvalue weighted by molar-refractivity contribution is 5.95. The van der Waals surface area contributed by atoms with Crippen molar-refractivity contribution in [3.63, 3.8) is 0 Å². The molecule has 18 heavy (non-hydrogen) atoms. The van der Waals surface area contributed by atoms with Gasteiger partial charge in [0.25, 0.3) is 11.5 Å². The maximum absolute atomic E-state index is 13.2. The van der Waals surface area contributed by atoms with E-state index in [1.807, 2.05) is 0 Å². The summed E-state index contributed by atoms with van der Waals surface area (Å²) in [4.78, 5) is 23.7. The predicted molar refractivity (Wildman–Crippen MR) is 65.0 cm³/mol. The van der Waals surface area contributed by atoms with Gasteiger partial charge in [-0.3, -0.25) is 9.59 Å². The first-order chi connectivity index (χ1) is 8.58. The zero-order chi connectivity index (χ0) is 12.9. The Morgan fingerprint density at radius 1 is 1.33 bits per heavy atom. The van der Waals surface area contributed by atoms with E-state index in [0.717, 1.165) is 12.8 Å². The third-order valence-electron chi connectivity index (χ3n) is 3.18. The van der Waals surface area contributed by atoms with Gasteiger partial charge in [0.2, 0.25) is 0 Å². The van der Waals surface area contributed by atoms with E-state index in [9.17, 15) is 14.0 Å². The van der Waals surface area contributed by atoms with E-state index in [1.165, 1.54) is 22.8 Å². The average molecular weight is 246 g/mol. The minimum Gasteiger partial charge on any atom is -0.364 e. The van der Waals surface area contributed by atoms with Gasteiger partial charge in [0.1, 0.15) is 11.5 Å².